The Kier molecular flexibility index (Phi) is 11.7. The summed E-state index contributed by atoms with van der Waals surface area (Å²) in [5.74, 6) is -0.497. The molecule has 9 heteroatoms. The lowest BCUT2D eigenvalue weighted by Gasteiger charge is -2.13. The first-order chi connectivity index (χ1) is 15.7. The highest BCUT2D eigenvalue weighted by Gasteiger charge is 2.17. The smallest absolute Gasteiger partial charge is 0.314 e. The molecule has 1 aliphatic heterocycles. The SMILES string of the molecule is CO.FC(F)c1nnc(-c2ccc(CCCN3CCCC3)cc2)o1.SNc1ccccc1. The van der Waals surface area contributed by atoms with Crippen LogP contribution in [-0.2, 0) is 6.42 Å². The number of para-hydroxylation sites is 1. The minimum atomic E-state index is -2.73. The van der Waals surface area contributed by atoms with Crippen molar-refractivity contribution in [2.24, 2.45) is 0 Å². The van der Waals surface area contributed by atoms with E-state index >= 15 is 0 Å². The van der Waals surface area contributed by atoms with Crippen molar-refractivity contribution in [3.63, 3.8) is 0 Å². The van der Waals surface area contributed by atoms with E-state index in [1.165, 1.54) is 31.5 Å². The van der Waals surface area contributed by atoms with Crippen LogP contribution in [0, 0.1) is 0 Å². The summed E-state index contributed by atoms with van der Waals surface area (Å²) in [5.41, 5.74) is 2.93. The zero-order chi connectivity index (χ0) is 23.2. The molecule has 0 spiro atoms. The molecule has 174 valence electrons. The fraction of sp³-hybridized carbons (Fsp3) is 0.391. The second-order valence-electron chi connectivity index (χ2n) is 7.07. The molecule has 3 aromatic rings. The lowest BCUT2D eigenvalue weighted by atomic mass is 10.1. The van der Waals surface area contributed by atoms with E-state index in [1.54, 1.807) is 0 Å². The van der Waals surface area contributed by atoms with Crippen molar-refractivity contribution in [2.45, 2.75) is 32.1 Å². The van der Waals surface area contributed by atoms with Gasteiger partial charge < -0.3 is 19.1 Å². The molecule has 0 bridgehead atoms. The van der Waals surface area contributed by atoms with E-state index in [-0.39, 0.29) is 5.89 Å². The Bertz CT molecular complexity index is 873. The van der Waals surface area contributed by atoms with Gasteiger partial charge in [0.1, 0.15) is 0 Å². The van der Waals surface area contributed by atoms with Crippen LogP contribution >= 0.6 is 12.8 Å². The average molecular weight is 465 g/mol. The highest BCUT2D eigenvalue weighted by atomic mass is 32.1. The number of anilines is 1. The predicted octanol–water partition coefficient (Wildman–Crippen LogP) is 5.25. The van der Waals surface area contributed by atoms with Crippen molar-refractivity contribution in [1.82, 2.24) is 15.1 Å². The molecule has 0 unspecified atom stereocenters. The number of thiol groups is 1. The molecule has 0 atom stereocenters. The molecule has 1 aromatic heterocycles. The number of aliphatic hydroxyl groups excluding tert-OH is 1. The zero-order valence-electron chi connectivity index (χ0n) is 18.1. The normalized spacial score (nSPS) is 13.2. The number of alkyl halides is 2. The molecular formula is C23H30F2N4O2S. The third kappa shape index (κ3) is 8.57. The van der Waals surface area contributed by atoms with E-state index in [4.69, 9.17) is 9.52 Å². The van der Waals surface area contributed by atoms with E-state index in [9.17, 15) is 8.78 Å². The number of benzene rings is 2. The Morgan fingerprint density at radius 2 is 1.69 bits per heavy atom. The quantitative estimate of drug-likeness (QED) is 0.415. The molecular weight excluding hydrogens is 434 g/mol. The maximum Gasteiger partial charge on any atom is 0.314 e. The lowest BCUT2D eigenvalue weighted by molar-refractivity contribution is 0.116. The number of hydrogen-bond donors (Lipinski definition) is 3. The van der Waals surface area contributed by atoms with Gasteiger partial charge in [-0.2, -0.15) is 8.78 Å². The molecule has 2 heterocycles. The summed E-state index contributed by atoms with van der Waals surface area (Å²) in [4.78, 5) is 2.50. The monoisotopic (exact) mass is 464 g/mol. The van der Waals surface area contributed by atoms with Crippen molar-refractivity contribution in [3.05, 3.63) is 66.1 Å². The summed E-state index contributed by atoms with van der Waals surface area (Å²) in [6, 6.07) is 17.4. The van der Waals surface area contributed by atoms with Gasteiger partial charge in [0, 0.05) is 18.4 Å². The summed E-state index contributed by atoms with van der Waals surface area (Å²) in [6.45, 7) is 3.59. The van der Waals surface area contributed by atoms with Crippen molar-refractivity contribution in [1.29, 1.82) is 0 Å². The van der Waals surface area contributed by atoms with E-state index in [2.05, 4.69) is 32.6 Å². The molecule has 1 saturated heterocycles. The average Bonchev–Trinajstić information content (AvgIpc) is 3.55. The number of halogens is 2. The maximum absolute atomic E-state index is 12.4. The van der Waals surface area contributed by atoms with Crippen LogP contribution in [0.2, 0.25) is 0 Å². The molecule has 0 aliphatic carbocycles. The van der Waals surface area contributed by atoms with Gasteiger partial charge in [0.2, 0.25) is 5.89 Å². The summed E-state index contributed by atoms with van der Waals surface area (Å²) in [6.07, 6.45) is 2.06. The molecule has 0 amide bonds. The first-order valence-corrected chi connectivity index (χ1v) is 10.9. The topological polar surface area (TPSA) is 74.4 Å². The fourth-order valence-electron chi connectivity index (χ4n) is 3.28. The zero-order valence-corrected chi connectivity index (χ0v) is 19.0. The number of aromatic nitrogens is 2. The van der Waals surface area contributed by atoms with Gasteiger partial charge >= 0.3 is 6.43 Å². The highest BCUT2D eigenvalue weighted by Crippen LogP contribution is 2.23. The molecule has 0 saturated carbocycles. The summed E-state index contributed by atoms with van der Waals surface area (Å²) >= 11 is 3.86. The number of nitrogens with zero attached hydrogens (tertiary/aromatic N) is 3. The van der Waals surface area contributed by atoms with Crippen LogP contribution in [0.4, 0.5) is 14.5 Å². The van der Waals surface area contributed by atoms with Gasteiger partial charge in [0.05, 0.1) is 0 Å². The predicted molar refractivity (Wildman–Crippen MR) is 126 cm³/mol. The Morgan fingerprint density at radius 1 is 1.03 bits per heavy atom. The van der Waals surface area contributed by atoms with E-state index in [0.29, 0.717) is 5.56 Å². The molecule has 32 heavy (non-hydrogen) atoms. The summed E-state index contributed by atoms with van der Waals surface area (Å²) in [5, 5.41) is 14.0. The van der Waals surface area contributed by atoms with Gasteiger partial charge in [-0.1, -0.05) is 43.1 Å². The third-order valence-electron chi connectivity index (χ3n) is 4.87. The van der Waals surface area contributed by atoms with Gasteiger partial charge in [0.15, 0.2) is 0 Å². The largest absolute Gasteiger partial charge is 0.415 e. The van der Waals surface area contributed by atoms with Crippen LogP contribution in [0.15, 0.2) is 59.0 Å². The minimum absolute atomic E-state index is 0.138. The van der Waals surface area contributed by atoms with Crippen molar-refractivity contribution in [2.75, 3.05) is 31.5 Å². The Labute approximate surface area is 193 Å². The maximum atomic E-state index is 12.4. The van der Waals surface area contributed by atoms with Gasteiger partial charge in [-0.05, 0) is 75.1 Å². The molecule has 6 nitrogen and oxygen atoms in total. The van der Waals surface area contributed by atoms with Gasteiger partial charge in [-0.25, -0.2) is 0 Å². The van der Waals surface area contributed by atoms with Crippen LogP contribution in [-0.4, -0.2) is 46.9 Å². The van der Waals surface area contributed by atoms with Crippen molar-refractivity contribution < 1.29 is 18.3 Å². The van der Waals surface area contributed by atoms with Crippen molar-refractivity contribution >= 4 is 18.5 Å². The number of aliphatic hydroxyl groups is 1. The third-order valence-corrected chi connectivity index (χ3v) is 5.13. The standard InChI is InChI=1S/C16H19F2N3O.C6H7NS.CH4O/c17-14(18)16-20-19-15(22-16)13-7-5-12(6-8-13)4-3-11-21-9-1-2-10-21;8-7-6-4-2-1-3-5-6;1-2/h5-8,14H,1-4,9-11H2;1-5,7-8H;2H,1H3. The van der Waals surface area contributed by atoms with Crippen molar-refractivity contribution in [3.8, 4) is 11.5 Å². The van der Waals surface area contributed by atoms with Gasteiger partial charge in [-0.15, -0.1) is 10.2 Å². The first-order valence-electron chi connectivity index (χ1n) is 10.5. The number of aryl methyl sites for hydroxylation is 1. The van der Waals surface area contributed by atoms with Crippen LogP contribution in [0.5, 0.6) is 0 Å². The van der Waals surface area contributed by atoms with Gasteiger partial charge in [0.25, 0.3) is 5.89 Å². The van der Waals surface area contributed by atoms with E-state index in [1.807, 2.05) is 54.6 Å². The van der Waals surface area contributed by atoms with Crippen LogP contribution in [0.25, 0.3) is 11.5 Å². The number of hydrogen-bond acceptors (Lipinski definition) is 7. The van der Waals surface area contributed by atoms with Crippen LogP contribution < -0.4 is 4.72 Å². The van der Waals surface area contributed by atoms with Crippen LogP contribution in [0.1, 0.15) is 37.1 Å². The summed E-state index contributed by atoms with van der Waals surface area (Å²) < 4.78 is 32.5. The number of rotatable bonds is 7. The number of nitrogens with one attached hydrogen (secondary N) is 1. The highest BCUT2D eigenvalue weighted by molar-refractivity contribution is 7.81. The Balaban J connectivity index is 0.000000304. The number of likely N-dealkylation sites (tertiary alicyclic amines) is 1. The Hall–Kier alpha value is -2.49. The molecule has 2 aromatic carbocycles. The Morgan fingerprint density at radius 3 is 2.22 bits per heavy atom. The first kappa shape index (κ1) is 25.8. The molecule has 4 rings (SSSR count). The van der Waals surface area contributed by atoms with Crippen LogP contribution in [0.3, 0.4) is 0 Å². The molecule has 1 aliphatic rings. The fourth-order valence-corrected chi connectivity index (χ4v) is 3.43. The van der Waals surface area contributed by atoms with Gasteiger partial charge in [-0.3, -0.25) is 0 Å². The van der Waals surface area contributed by atoms with E-state index < -0.39 is 12.3 Å². The molecule has 0 radical (unpaired) electrons. The second kappa shape index (κ2) is 14.5. The van der Waals surface area contributed by atoms with E-state index in [0.717, 1.165) is 32.2 Å². The molecule has 1 fully saturated rings. The lowest BCUT2D eigenvalue weighted by Crippen LogP contribution is -2.20. The minimum Gasteiger partial charge on any atom is -0.415 e. The molecule has 2 N–H and O–H groups in total. The second-order valence-corrected chi connectivity index (χ2v) is 7.30. The summed E-state index contributed by atoms with van der Waals surface area (Å²) in [7, 11) is 1.00.